The van der Waals surface area contributed by atoms with Crippen molar-refractivity contribution < 1.29 is 14.3 Å². The number of amides is 1. The van der Waals surface area contributed by atoms with Crippen molar-refractivity contribution in [1.29, 1.82) is 0 Å². The van der Waals surface area contributed by atoms with Gasteiger partial charge in [-0.1, -0.05) is 57.2 Å². The molecule has 1 N–H and O–H groups in total. The van der Waals surface area contributed by atoms with Crippen molar-refractivity contribution in [2.75, 3.05) is 6.61 Å². The first-order valence-corrected chi connectivity index (χ1v) is 8.64. The number of fused-ring (bicyclic) bond motifs is 1. The van der Waals surface area contributed by atoms with Crippen LogP contribution in [0.5, 0.6) is 11.5 Å². The Hall–Kier alpha value is -2.49. The Morgan fingerprint density at radius 3 is 2.36 bits per heavy atom. The van der Waals surface area contributed by atoms with E-state index in [9.17, 15) is 4.79 Å². The first kappa shape index (κ1) is 17.3. The van der Waals surface area contributed by atoms with Gasteiger partial charge in [0.2, 0.25) is 6.10 Å². The van der Waals surface area contributed by atoms with Crippen LogP contribution in [-0.2, 0) is 10.2 Å². The number of carbonyl (C=O) groups excluding carboxylic acids is 1. The van der Waals surface area contributed by atoms with Crippen LogP contribution in [0.4, 0.5) is 0 Å². The first-order chi connectivity index (χ1) is 11.8. The zero-order chi connectivity index (χ0) is 18.0. The molecule has 1 aliphatic heterocycles. The number of ether oxygens (including phenoxy) is 2. The summed E-state index contributed by atoms with van der Waals surface area (Å²) < 4.78 is 11.4. The van der Waals surface area contributed by atoms with E-state index in [0.717, 1.165) is 5.56 Å². The Morgan fingerprint density at radius 1 is 1.08 bits per heavy atom. The zero-order valence-electron chi connectivity index (χ0n) is 15.2. The molecule has 0 saturated carbocycles. The maximum Gasteiger partial charge on any atom is 0.265 e. The molecule has 0 aliphatic carbocycles. The maximum absolute atomic E-state index is 12.5. The van der Waals surface area contributed by atoms with Crippen LogP contribution < -0.4 is 14.8 Å². The second-order valence-corrected chi connectivity index (χ2v) is 7.47. The number of hydrogen-bond acceptors (Lipinski definition) is 3. The van der Waals surface area contributed by atoms with E-state index in [1.165, 1.54) is 5.56 Å². The van der Waals surface area contributed by atoms with E-state index in [-0.39, 0.29) is 24.0 Å². The molecule has 1 amide bonds. The molecule has 0 bridgehead atoms. The van der Waals surface area contributed by atoms with Gasteiger partial charge in [0.25, 0.3) is 5.91 Å². The lowest BCUT2D eigenvalue weighted by atomic mass is 9.86. The Labute approximate surface area is 149 Å². The molecule has 3 rings (SSSR count). The molecule has 2 aromatic rings. The van der Waals surface area contributed by atoms with Gasteiger partial charge in [-0.25, -0.2) is 0 Å². The van der Waals surface area contributed by atoms with E-state index >= 15 is 0 Å². The summed E-state index contributed by atoms with van der Waals surface area (Å²) in [6, 6.07) is 15.7. The van der Waals surface area contributed by atoms with Gasteiger partial charge in [-0.2, -0.15) is 0 Å². The summed E-state index contributed by atoms with van der Waals surface area (Å²) in [4.78, 5) is 12.5. The molecule has 2 atom stereocenters. The second-order valence-electron chi connectivity index (χ2n) is 7.47. The van der Waals surface area contributed by atoms with Crippen molar-refractivity contribution in [3.8, 4) is 11.5 Å². The highest BCUT2D eigenvalue weighted by atomic mass is 16.6. The van der Waals surface area contributed by atoms with Crippen LogP contribution in [0.1, 0.15) is 44.9 Å². The third-order valence-corrected chi connectivity index (χ3v) is 4.44. The quantitative estimate of drug-likeness (QED) is 0.919. The van der Waals surface area contributed by atoms with Crippen molar-refractivity contribution in [3.05, 3.63) is 59.7 Å². The van der Waals surface area contributed by atoms with Gasteiger partial charge in [0.15, 0.2) is 11.5 Å². The summed E-state index contributed by atoms with van der Waals surface area (Å²) in [7, 11) is 0. The lowest BCUT2D eigenvalue weighted by molar-refractivity contribution is -0.131. The zero-order valence-corrected chi connectivity index (χ0v) is 15.2. The maximum atomic E-state index is 12.5. The minimum atomic E-state index is -0.633. The molecule has 0 saturated heterocycles. The van der Waals surface area contributed by atoms with Crippen LogP contribution in [0.15, 0.2) is 48.5 Å². The van der Waals surface area contributed by atoms with Gasteiger partial charge < -0.3 is 14.8 Å². The number of nitrogens with one attached hydrogen (secondary N) is 1. The van der Waals surface area contributed by atoms with Crippen LogP contribution in [0.25, 0.3) is 0 Å². The van der Waals surface area contributed by atoms with Crippen LogP contribution in [0, 0.1) is 0 Å². The van der Waals surface area contributed by atoms with E-state index in [4.69, 9.17) is 9.47 Å². The second kappa shape index (κ2) is 6.79. The molecule has 25 heavy (non-hydrogen) atoms. The van der Waals surface area contributed by atoms with E-state index in [1.807, 2.05) is 31.2 Å². The lowest BCUT2D eigenvalue weighted by Gasteiger charge is -2.27. The predicted octanol–water partition coefficient (Wildman–Crippen LogP) is 4.00. The van der Waals surface area contributed by atoms with Crippen molar-refractivity contribution in [2.24, 2.45) is 0 Å². The molecule has 0 radical (unpaired) electrons. The highest BCUT2D eigenvalue weighted by Gasteiger charge is 2.28. The fraction of sp³-hybridized carbons (Fsp3) is 0.381. The Morgan fingerprint density at radius 2 is 1.72 bits per heavy atom. The molecule has 0 spiro atoms. The van der Waals surface area contributed by atoms with E-state index < -0.39 is 6.10 Å². The van der Waals surface area contributed by atoms with E-state index in [1.54, 1.807) is 0 Å². The largest absolute Gasteiger partial charge is 0.485 e. The third kappa shape index (κ3) is 3.95. The minimum Gasteiger partial charge on any atom is -0.485 e. The van der Waals surface area contributed by atoms with Crippen molar-refractivity contribution >= 4 is 5.91 Å². The fourth-order valence-electron chi connectivity index (χ4n) is 2.81. The number of para-hydroxylation sites is 2. The number of benzene rings is 2. The molecule has 4 heteroatoms. The van der Waals surface area contributed by atoms with Crippen molar-refractivity contribution in [3.63, 3.8) is 0 Å². The average molecular weight is 339 g/mol. The smallest absolute Gasteiger partial charge is 0.265 e. The molecular formula is C21H25NO3. The topological polar surface area (TPSA) is 47.6 Å². The molecular weight excluding hydrogens is 314 g/mol. The highest BCUT2D eigenvalue weighted by molar-refractivity contribution is 5.82. The fourth-order valence-corrected chi connectivity index (χ4v) is 2.81. The summed E-state index contributed by atoms with van der Waals surface area (Å²) in [5.41, 5.74) is 2.46. The number of carbonyl (C=O) groups is 1. The first-order valence-electron chi connectivity index (χ1n) is 8.64. The number of hydrogen-bond donors (Lipinski definition) is 1. The molecule has 4 nitrogen and oxygen atoms in total. The molecule has 132 valence electrons. The molecule has 1 heterocycles. The molecule has 0 aromatic heterocycles. The summed E-state index contributed by atoms with van der Waals surface area (Å²) >= 11 is 0. The van der Waals surface area contributed by atoms with Gasteiger partial charge in [-0.3, -0.25) is 4.79 Å². The van der Waals surface area contributed by atoms with Crippen LogP contribution in [0.2, 0.25) is 0 Å². The van der Waals surface area contributed by atoms with Crippen LogP contribution in [0.3, 0.4) is 0 Å². The average Bonchev–Trinajstić information content (AvgIpc) is 2.60. The van der Waals surface area contributed by atoms with Gasteiger partial charge in [0.1, 0.15) is 6.61 Å². The van der Waals surface area contributed by atoms with Crippen molar-refractivity contribution in [2.45, 2.75) is 45.3 Å². The minimum absolute atomic E-state index is 0.0951. The Balaban J connectivity index is 1.63. The van der Waals surface area contributed by atoms with Gasteiger partial charge in [-0.15, -0.1) is 0 Å². The normalized spacial score (nSPS) is 17.7. The van der Waals surface area contributed by atoms with Crippen molar-refractivity contribution in [1.82, 2.24) is 5.32 Å². The Bertz CT molecular complexity index is 746. The lowest BCUT2D eigenvalue weighted by Crippen LogP contribution is -2.44. The summed E-state index contributed by atoms with van der Waals surface area (Å²) in [5, 5.41) is 3.01. The standard InChI is InChI=1S/C21H25NO3/c1-14(15-9-11-16(12-10-15)21(2,3)4)22-20(23)19-13-24-17-7-5-6-8-18(17)25-19/h5-12,14,19H,13H2,1-4H3,(H,22,23)/t14-,19+/m1/s1. The van der Waals surface area contributed by atoms with E-state index in [0.29, 0.717) is 11.5 Å². The van der Waals surface area contributed by atoms with E-state index in [2.05, 4.69) is 50.4 Å². The van der Waals surface area contributed by atoms with Gasteiger partial charge in [-0.05, 0) is 35.6 Å². The molecule has 0 fully saturated rings. The molecule has 0 unspecified atom stereocenters. The molecule has 1 aliphatic rings. The van der Waals surface area contributed by atoms with Crippen LogP contribution in [-0.4, -0.2) is 18.6 Å². The summed E-state index contributed by atoms with van der Waals surface area (Å²) in [6.45, 7) is 8.75. The monoisotopic (exact) mass is 339 g/mol. The van der Waals surface area contributed by atoms with Gasteiger partial charge in [0, 0.05) is 0 Å². The summed E-state index contributed by atoms with van der Waals surface area (Å²) in [5.74, 6) is 1.12. The third-order valence-electron chi connectivity index (χ3n) is 4.44. The van der Waals surface area contributed by atoms with Gasteiger partial charge in [0.05, 0.1) is 6.04 Å². The summed E-state index contributed by atoms with van der Waals surface area (Å²) in [6.07, 6.45) is -0.633. The SMILES string of the molecule is C[C@@H](NC(=O)[C@@H]1COc2ccccc2O1)c1ccc(C(C)(C)C)cc1. The predicted molar refractivity (Wildman–Crippen MR) is 98.1 cm³/mol. The number of rotatable bonds is 3. The molecule has 2 aromatic carbocycles. The Kier molecular flexibility index (Phi) is 4.71. The van der Waals surface area contributed by atoms with Gasteiger partial charge >= 0.3 is 0 Å². The highest BCUT2D eigenvalue weighted by Crippen LogP contribution is 2.31. The van der Waals surface area contributed by atoms with Crippen LogP contribution >= 0.6 is 0 Å².